The van der Waals surface area contributed by atoms with Crippen molar-refractivity contribution in [3.63, 3.8) is 0 Å². The molecule has 0 saturated carbocycles. The van der Waals surface area contributed by atoms with Gasteiger partial charge in [-0.25, -0.2) is 0 Å². The lowest BCUT2D eigenvalue weighted by Crippen LogP contribution is -2.50. The average molecular weight is 239 g/mol. The maximum atomic E-state index is 11.4. The van der Waals surface area contributed by atoms with Crippen molar-refractivity contribution in [1.29, 1.82) is 0 Å². The molecule has 96 valence electrons. The van der Waals surface area contributed by atoms with Crippen LogP contribution >= 0.6 is 0 Å². The number of rotatable bonds is 6. The average Bonchev–Trinajstić information content (AvgIpc) is 2.64. The van der Waals surface area contributed by atoms with Crippen molar-refractivity contribution < 1.29 is 14.3 Å². The number of carboxylic acids is 1. The second kappa shape index (κ2) is 5.36. The molecule has 0 fully saturated rings. The summed E-state index contributed by atoms with van der Waals surface area (Å²) < 4.78 is 5.22. The number of aliphatic carboxylic acids is 1. The largest absolute Gasteiger partial charge is 0.480 e. The number of nitrogens with zero attached hydrogens (tertiary/aromatic N) is 1. The molecule has 1 heterocycles. The number of carbonyl (C=O) groups is 1. The summed E-state index contributed by atoms with van der Waals surface area (Å²) in [6.45, 7) is 6.25. The van der Waals surface area contributed by atoms with E-state index in [1.807, 2.05) is 31.9 Å². The topological polar surface area (TPSA) is 53.7 Å². The Bertz CT molecular complexity index is 386. The molecule has 0 aliphatic heterocycles. The van der Waals surface area contributed by atoms with Crippen LogP contribution in [0.25, 0.3) is 0 Å². The van der Waals surface area contributed by atoms with Crippen molar-refractivity contribution in [3.05, 3.63) is 23.7 Å². The van der Waals surface area contributed by atoms with Crippen LogP contribution in [-0.2, 0) is 11.3 Å². The van der Waals surface area contributed by atoms with Gasteiger partial charge in [0.1, 0.15) is 11.3 Å². The molecule has 1 unspecified atom stereocenters. The van der Waals surface area contributed by atoms with Crippen molar-refractivity contribution in [3.8, 4) is 0 Å². The third kappa shape index (κ3) is 2.88. The third-order valence-corrected chi connectivity index (χ3v) is 3.41. The number of aryl methyl sites for hydroxylation is 1. The highest BCUT2D eigenvalue weighted by atomic mass is 16.4. The fraction of sp³-hybridized carbons (Fsp3) is 0.615. The van der Waals surface area contributed by atoms with Crippen molar-refractivity contribution in [1.82, 2.24) is 4.90 Å². The molecule has 0 spiro atoms. The Morgan fingerprint density at radius 3 is 2.65 bits per heavy atom. The maximum Gasteiger partial charge on any atom is 0.323 e. The maximum absolute atomic E-state index is 11.4. The van der Waals surface area contributed by atoms with Crippen LogP contribution in [0.15, 0.2) is 16.7 Å². The van der Waals surface area contributed by atoms with Crippen molar-refractivity contribution in [2.45, 2.75) is 45.7 Å². The number of hydrogen-bond donors (Lipinski definition) is 1. The minimum absolute atomic E-state index is 0.588. The zero-order valence-electron chi connectivity index (χ0n) is 11.0. The van der Waals surface area contributed by atoms with Crippen LogP contribution in [0.4, 0.5) is 0 Å². The van der Waals surface area contributed by atoms with E-state index < -0.39 is 11.5 Å². The molecule has 1 N–H and O–H groups in total. The Morgan fingerprint density at radius 1 is 1.59 bits per heavy atom. The lowest BCUT2D eigenvalue weighted by molar-refractivity contribution is -0.150. The van der Waals surface area contributed by atoms with E-state index in [4.69, 9.17) is 4.42 Å². The fourth-order valence-corrected chi connectivity index (χ4v) is 1.95. The van der Waals surface area contributed by atoms with E-state index in [0.717, 1.165) is 17.7 Å². The van der Waals surface area contributed by atoms with E-state index in [0.29, 0.717) is 13.0 Å². The van der Waals surface area contributed by atoms with E-state index in [9.17, 15) is 9.90 Å². The molecule has 1 atom stereocenters. The van der Waals surface area contributed by atoms with E-state index in [1.165, 1.54) is 0 Å². The zero-order chi connectivity index (χ0) is 13.1. The zero-order valence-corrected chi connectivity index (χ0v) is 11.0. The van der Waals surface area contributed by atoms with E-state index in [-0.39, 0.29) is 0 Å². The van der Waals surface area contributed by atoms with E-state index in [2.05, 4.69) is 0 Å². The Hall–Kier alpha value is -1.29. The van der Waals surface area contributed by atoms with Gasteiger partial charge < -0.3 is 9.52 Å². The molecule has 1 aromatic heterocycles. The lowest BCUT2D eigenvalue weighted by Gasteiger charge is -2.34. The molecular weight excluding hydrogens is 218 g/mol. The highest BCUT2D eigenvalue weighted by molar-refractivity contribution is 5.78. The Kier molecular flexibility index (Phi) is 4.34. The van der Waals surface area contributed by atoms with Gasteiger partial charge in [-0.15, -0.1) is 0 Å². The predicted molar refractivity (Wildman–Crippen MR) is 65.9 cm³/mol. The number of hydrogen-bond acceptors (Lipinski definition) is 3. The van der Waals surface area contributed by atoms with Gasteiger partial charge in [0, 0.05) is 12.1 Å². The minimum Gasteiger partial charge on any atom is -0.480 e. The SMILES string of the molecule is CCCC(C)(C(=O)O)N(C)Cc1ccoc1C. The molecule has 0 bridgehead atoms. The van der Waals surface area contributed by atoms with Gasteiger partial charge in [0.15, 0.2) is 0 Å². The summed E-state index contributed by atoms with van der Waals surface area (Å²) in [6.07, 6.45) is 3.11. The van der Waals surface area contributed by atoms with Gasteiger partial charge in [-0.3, -0.25) is 9.69 Å². The first-order valence-electron chi connectivity index (χ1n) is 5.89. The molecule has 0 aliphatic rings. The summed E-state index contributed by atoms with van der Waals surface area (Å²) in [5.74, 6) is 0.0732. The van der Waals surface area contributed by atoms with Crippen LogP contribution in [0.5, 0.6) is 0 Å². The Labute approximate surface area is 102 Å². The van der Waals surface area contributed by atoms with Crippen LogP contribution in [-0.4, -0.2) is 28.6 Å². The first-order valence-corrected chi connectivity index (χ1v) is 5.89. The fourth-order valence-electron chi connectivity index (χ4n) is 1.95. The molecule has 4 heteroatoms. The summed E-state index contributed by atoms with van der Waals surface area (Å²) >= 11 is 0. The van der Waals surface area contributed by atoms with Gasteiger partial charge in [-0.1, -0.05) is 13.3 Å². The molecule has 0 aromatic carbocycles. The molecule has 1 aromatic rings. The molecule has 0 amide bonds. The minimum atomic E-state index is -0.821. The quantitative estimate of drug-likeness (QED) is 0.829. The van der Waals surface area contributed by atoms with E-state index >= 15 is 0 Å². The number of carboxylic acid groups (broad SMARTS) is 1. The van der Waals surface area contributed by atoms with Gasteiger partial charge in [-0.2, -0.15) is 0 Å². The third-order valence-electron chi connectivity index (χ3n) is 3.41. The molecule has 0 saturated heterocycles. The Morgan fingerprint density at radius 2 is 2.24 bits per heavy atom. The van der Waals surface area contributed by atoms with Crippen LogP contribution < -0.4 is 0 Å². The van der Waals surface area contributed by atoms with Crippen molar-refractivity contribution in [2.75, 3.05) is 7.05 Å². The molecule has 4 nitrogen and oxygen atoms in total. The number of furan rings is 1. The molecular formula is C13H21NO3. The van der Waals surface area contributed by atoms with Crippen LogP contribution in [0.3, 0.4) is 0 Å². The highest BCUT2D eigenvalue weighted by Gasteiger charge is 2.36. The summed E-state index contributed by atoms with van der Waals surface area (Å²) in [5, 5.41) is 9.37. The first kappa shape index (κ1) is 13.8. The predicted octanol–water partition coefficient (Wildman–Crippen LogP) is 2.66. The van der Waals surface area contributed by atoms with Crippen LogP contribution in [0.1, 0.15) is 38.0 Å². The lowest BCUT2D eigenvalue weighted by atomic mass is 9.94. The molecule has 17 heavy (non-hydrogen) atoms. The van der Waals surface area contributed by atoms with Gasteiger partial charge in [0.2, 0.25) is 0 Å². The highest BCUT2D eigenvalue weighted by Crippen LogP contribution is 2.23. The normalized spacial score (nSPS) is 14.9. The van der Waals surface area contributed by atoms with E-state index in [1.54, 1.807) is 13.2 Å². The summed E-state index contributed by atoms with van der Waals surface area (Å²) in [4.78, 5) is 13.3. The van der Waals surface area contributed by atoms with Gasteiger partial charge in [0.05, 0.1) is 6.26 Å². The molecule has 0 radical (unpaired) electrons. The second-order valence-electron chi connectivity index (χ2n) is 4.69. The van der Waals surface area contributed by atoms with Crippen molar-refractivity contribution >= 4 is 5.97 Å². The first-order chi connectivity index (χ1) is 7.91. The molecule has 0 aliphatic carbocycles. The standard InChI is InChI=1S/C13H21NO3/c1-5-7-13(3,12(15)16)14(4)9-11-6-8-17-10(11)2/h6,8H,5,7,9H2,1-4H3,(H,15,16). The van der Waals surface area contributed by atoms with Crippen LogP contribution in [0, 0.1) is 6.92 Å². The number of likely N-dealkylation sites (N-methyl/N-ethyl adjacent to an activating group) is 1. The summed E-state index contributed by atoms with van der Waals surface area (Å²) in [7, 11) is 1.84. The monoisotopic (exact) mass is 239 g/mol. The van der Waals surface area contributed by atoms with Crippen LogP contribution in [0.2, 0.25) is 0 Å². The summed E-state index contributed by atoms with van der Waals surface area (Å²) in [6, 6.07) is 1.89. The van der Waals surface area contributed by atoms with Crippen molar-refractivity contribution in [2.24, 2.45) is 0 Å². The van der Waals surface area contributed by atoms with Gasteiger partial charge in [0.25, 0.3) is 0 Å². The van der Waals surface area contributed by atoms with Gasteiger partial charge in [-0.05, 0) is 33.4 Å². The summed E-state index contributed by atoms with van der Waals surface area (Å²) in [5.41, 5.74) is 0.217. The molecule has 1 rings (SSSR count). The second-order valence-corrected chi connectivity index (χ2v) is 4.69. The smallest absolute Gasteiger partial charge is 0.323 e. The van der Waals surface area contributed by atoms with Gasteiger partial charge >= 0.3 is 5.97 Å². The Balaban J connectivity index is 2.83.